The maximum atomic E-state index is 12.6. The monoisotopic (exact) mass is 392 g/mol. The van der Waals surface area contributed by atoms with Crippen LogP contribution in [0.2, 0.25) is 0 Å². The summed E-state index contributed by atoms with van der Waals surface area (Å²) in [6.45, 7) is 2.45. The minimum absolute atomic E-state index is 0.162. The zero-order valence-electron chi connectivity index (χ0n) is 15.4. The molecular weight excluding hydrogens is 369 g/mol. The summed E-state index contributed by atoms with van der Waals surface area (Å²) in [4.78, 5) is 14.2. The maximum Gasteiger partial charge on any atom is 0.416 e. The van der Waals surface area contributed by atoms with Gasteiger partial charge in [-0.2, -0.15) is 13.2 Å². The summed E-state index contributed by atoms with van der Waals surface area (Å²) in [7, 11) is 0. The molecule has 1 aliphatic rings. The number of aliphatic hydroxyl groups excluding tert-OH is 1. The molecule has 0 spiro atoms. The summed E-state index contributed by atoms with van der Waals surface area (Å²) >= 11 is 0. The second-order valence-corrected chi connectivity index (χ2v) is 7.03. The lowest BCUT2D eigenvalue weighted by atomic mass is 9.99. The van der Waals surface area contributed by atoms with Crippen molar-refractivity contribution in [3.05, 3.63) is 70.8 Å². The summed E-state index contributed by atoms with van der Waals surface area (Å²) in [5, 5.41) is 12.9. The highest BCUT2D eigenvalue weighted by molar-refractivity contribution is 5.94. The van der Waals surface area contributed by atoms with Crippen LogP contribution in [0.1, 0.15) is 33.5 Å². The number of amides is 1. The van der Waals surface area contributed by atoms with Gasteiger partial charge in [0.05, 0.1) is 11.7 Å². The number of hydrogen-bond donors (Lipinski definition) is 2. The molecule has 7 heteroatoms. The Hall–Kier alpha value is -2.38. The molecule has 0 fully saturated rings. The average molecular weight is 392 g/mol. The van der Waals surface area contributed by atoms with Crippen LogP contribution in [0.3, 0.4) is 0 Å². The van der Waals surface area contributed by atoms with E-state index in [2.05, 4.69) is 22.3 Å². The van der Waals surface area contributed by atoms with Gasteiger partial charge in [0.25, 0.3) is 5.91 Å². The smallest absolute Gasteiger partial charge is 0.392 e. The van der Waals surface area contributed by atoms with Crippen LogP contribution in [0, 0.1) is 0 Å². The van der Waals surface area contributed by atoms with Gasteiger partial charge in [-0.3, -0.25) is 9.69 Å². The molecule has 2 aromatic rings. The number of carbonyl (C=O) groups is 1. The Kier molecular flexibility index (Phi) is 6.36. The van der Waals surface area contributed by atoms with Crippen LogP contribution in [0.4, 0.5) is 13.2 Å². The Morgan fingerprint density at radius 1 is 1.11 bits per heavy atom. The van der Waals surface area contributed by atoms with Gasteiger partial charge in [0.2, 0.25) is 0 Å². The molecule has 3 rings (SSSR count). The molecular formula is C21H23F3N2O2. The first-order valence-electron chi connectivity index (χ1n) is 9.25. The number of benzene rings is 2. The van der Waals surface area contributed by atoms with Gasteiger partial charge in [0.1, 0.15) is 0 Å². The van der Waals surface area contributed by atoms with Crippen molar-refractivity contribution >= 4 is 5.91 Å². The number of alkyl halides is 3. The maximum absolute atomic E-state index is 12.6. The quantitative estimate of drug-likeness (QED) is 0.794. The van der Waals surface area contributed by atoms with Crippen molar-refractivity contribution in [1.29, 1.82) is 0 Å². The molecule has 2 N–H and O–H groups in total. The topological polar surface area (TPSA) is 52.6 Å². The van der Waals surface area contributed by atoms with E-state index in [-0.39, 0.29) is 12.1 Å². The third-order valence-corrected chi connectivity index (χ3v) is 4.92. The molecule has 0 aliphatic carbocycles. The molecule has 0 aromatic heterocycles. The predicted octanol–water partition coefficient (Wildman–Crippen LogP) is 3.24. The van der Waals surface area contributed by atoms with Gasteiger partial charge in [-0.05, 0) is 48.2 Å². The van der Waals surface area contributed by atoms with Crippen molar-refractivity contribution in [3.63, 3.8) is 0 Å². The van der Waals surface area contributed by atoms with Crippen LogP contribution in [-0.2, 0) is 19.1 Å². The fourth-order valence-electron chi connectivity index (χ4n) is 3.36. The fraction of sp³-hybridized carbons (Fsp3) is 0.381. The first kappa shape index (κ1) is 20.4. The van der Waals surface area contributed by atoms with E-state index in [1.807, 2.05) is 12.1 Å². The van der Waals surface area contributed by atoms with E-state index in [9.17, 15) is 23.1 Å². The Balaban J connectivity index is 1.41. The van der Waals surface area contributed by atoms with E-state index in [1.165, 1.54) is 11.1 Å². The molecule has 2 aromatic carbocycles. The van der Waals surface area contributed by atoms with Gasteiger partial charge in [-0.1, -0.05) is 24.3 Å². The van der Waals surface area contributed by atoms with Crippen molar-refractivity contribution in [1.82, 2.24) is 10.2 Å². The molecule has 1 unspecified atom stereocenters. The first-order chi connectivity index (χ1) is 13.3. The highest BCUT2D eigenvalue weighted by atomic mass is 19.4. The van der Waals surface area contributed by atoms with Gasteiger partial charge in [0.15, 0.2) is 0 Å². The van der Waals surface area contributed by atoms with Gasteiger partial charge >= 0.3 is 6.18 Å². The summed E-state index contributed by atoms with van der Waals surface area (Å²) in [5.41, 5.74) is 1.99. The Labute approximate surface area is 162 Å². The van der Waals surface area contributed by atoms with Crippen molar-refractivity contribution < 1.29 is 23.1 Å². The van der Waals surface area contributed by atoms with Crippen LogP contribution in [0.25, 0.3) is 0 Å². The van der Waals surface area contributed by atoms with E-state index in [0.29, 0.717) is 13.0 Å². The third kappa shape index (κ3) is 5.33. The zero-order valence-corrected chi connectivity index (χ0v) is 15.4. The predicted molar refractivity (Wildman–Crippen MR) is 99.8 cm³/mol. The molecule has 150 valence electrons. The second-order valence-electron chi connectivity index (χ2n) is 7.03. The van der Waals surface area contributed by atoms with E-state index < -0.39 is 23.8 Å². The fourth-order valence-corrected chi connectivity index (χ4v) is 3.36. The van der Waals surface area contributed by atoms with E-state index >= 15 is 0 Å². The van der Waals surface area contributed by atoms with Crippen molar-refractivity contribution in [2.75, 3.05) is 19.6 Å². The number of hydrogen-bond acceptors (Lipinski definition) is 3. The summed E-state index contributed by atoms with van der Waals surface area (Å²) in [6.07, 6.45) is -3.68. The number of nitrogens with zero attached hydrogens (tertiary/aromatic N) is 1. The number of β-amino-alcohol motifs (C(OH)–C–C–N with tert-alkyl or cyclic N) is 1. The van der Waals surface area contributed by atoms with E-state index in [0.717, 1.165) is 43.8 Å². The minimum atomic E-state index is -4.42. The lowest BCUT2D eigenvalue weighted by molar-refractivity contribution is -0.137. The van der Waals surface area contributed by atoms with Crippen molar-refractivity contribution in [2.24, 2.45) is 0 Å². The number of fused-ring (bicyclic) bond motifs is 1. The first-order valence-corrected chi connectivity index (χ1v) is 9.25. The molecule has 0 radical (unpaired) electrons. The van der Waals surface area contributed by atoms with Crippen LogP contribution >= 0.6 is 0 Å². The van der Waals surface area contributed by atoms with Crippen molar-refractivity contribution in [3.8, 4) is 0 Å². The molecule has 1 amide bonds. The number of halogens is 3. The molecule has 28 heavy (non-hydrogen) atoms. The summed E-state index contributed by atoms with van der Waals surface area (Å²) in [5.74, 6) is -0.451. The van der Waals surface area contributed by atoms with E-state index in [4.69, 9.17) is 0 Å². The van der Waals surface area contributed by atoms with Crippen LogP contribution < -0.4 is 5.32 Å². The van der Waals surface area contributed by atoms with Gasteiger partial charge in [0, 0.05) is 31.7 Å². The largest absolute Gasteiger partial charge is 0.416 e. The normalized spacial score (nSPS) is 15.7. The van der Waals surface area contributed by atoms with Crippen LogP contribution in [0.15, 0.2) is 48.5 Å². The highest BCUT2D eigenvalue weighted by Gasteiger charge is 2.30. The van der Waals surface area contributed by atoms with Gasteiger partial charge in [-0.25, -0.2) is 0 Å². The molecule has 0 saturated carbocycles. The van der Waals surface area contributed by atoms with Crippen LogP contribution in [0.5, 0.6) is 0 Å². The lowest BCUT2D eigenvalue weighted by Crippen LogP contribution is -2.38. The zero-order chi connectivity index (χ0) is 20.1. The van der Waals surface area contributed by atoms with Crippen LogP contribution in [-0.4, -0.2) is 41.7 Å². The summed E-state index contributed by atoms with van der Waals surface area (Å²) < 4.78 is 37.7. The second kappa shape index (κ2) is 8.75. The van der Waals surface area contributed by atoms with Gasteiger partial charge < -0.3 is 10.4 Å². The highest BCUT2D eigenvalue weighted by Crippen LogP contribution is 2.29. The number of carbonyl (C=O) groups excluding carboxylic acids is 1. The molecule has 1 aliphatic heterocycles. The number of nitrogens with one attached hydrogen (secondary N) is 1. The van der Waals surface area contributed by atoms with E-state index in [1.54, 1.807) is 0 Å². The molecule has 0 bridgehead atoms. The SMILES string of the molecule is O=C(NCCC(O)CN1CCc2ccccc2C1)c1ccc(C(F)(F)F)cc1. The Morgan fingerprint density at radius 3 is 2.46 bits per heavy atom. The number of rotatable bonds is 6. The Bertz CT molecular complexity index is 806. The third-order valence-electron chi connectivity index (χ3n) is 4.92. The number of aliphatic hydroxyl groups is 1. The summed E-state index contributed by atoms with van der Waals surface area (Å²) in [6, 6.07) is 12.3. The minimum Gasteiger partial charge on any atom is -0.392 e. The molecule has 0 saturated heterocycles. The molecule has 4 nitrogen and oxygen atoms in total. The Morgan fingerprint density at radius 2 is 1.79 bits per heavy atom. The van der Waals surface area contributed by atoms with Gasteiger partial charge in [-0.15, -0.1) is 0 Å². The van der Waals surface area contributed by atoms with Crippen molar-refractivity contribution in [2.45, 2.75) is 31.7 Å². The standard InChI is InChI=1S/C21H23F3N2O2/c22-21(23,24)18-7-5-16(6-8-18)20(28)25-11-9-19(27)14-26-12-10-15-3-1-2-4-17(15)13-26/h1-8,19,27H,9-14H2,(H,25,28). The average Bonchev–Trinajstić information content (AvgIpc) is 2.67. The molecule has 1 heterocycles. The lowest BCUT2D eigenvalue weighted by Gasteiger charge is -2.30. The molecule has 1 atom stereocenters.